The van der Waals surface area contributed by atoms with Crippen LogP contribution in [0, 0.1) is 5.82 Å². The lowest BCUT2D eigenvalue weighted by atomic mass is 9.95. The van der Waals surface area contributed by atoms with Crippen LogP contribution < -0.4 is 5.32 Å². The number of thiophene rings is 1. The van der Waals surface area contributed by atoms with Crippen molar-refractivity contribution in [1.82, 2.24) is 20.1 Å². The highest BCUT2D eigenvalue weighted by Gasteiger charge is 2.24. The molecule has 5 nitrogen and oxygen atoms in total. The molecule has 31 heavy (non-hydrogen) atoms. The van der Waals surface area contributed by atoms with Crippen molar-refractivity contribution < 1.29 is 9.18 Å². The number of thioether (sulfide) groups is 1. The van der Waals surface area contributed by atoms with Gasteiger partial charge in [0.15, 0.2) is 5.16 Å². The number of hydrogen-bond acceptors (Lipinski definition) is 5. The molecule has 0 saturated heterocycles. The summed E-state index contributed by atoms with van der Waals surface area (Å²) in [4.78, 5) is 13.8. The number of carbonyl (C=O) groups excluding carboxylic acids is 1. The summed E-state index contributed by atoms with van der Waals surface area (Å²) in [5, 5.41) is 14.8. The lowest BCUT2D eigenvalue weighted by Crippen LogP contribution is -2.28. The van der Waals surface area contributed by atoms with Gasteiger partial charge < -0.3 is 9.88 Å². The molecule has 0 bridgehead atoms. The average molecular weight is 459 g/mol. The van der Waals surface area contributed by atoms with Gasteiger partial charge in [-0.2, -0.15) is 0 Å². The van der Waals surface area contributed by atoms with E-state index < -0.39 is 0 Å². The van der Waals surface area contributed by atoms with Crippen molar-refractivity contribution in [2.24, 2.45) is 0 Å². The maximum Gasteiger partial charge on any atom is 0.230 e. The first-order chi connectivity index (χ1) is 15.1. The zero-order valence-corrected chi connectivity index (χ0v) is 19.2. The summed E-state index contributed by atoms with van der Waals surface area (Å²) in [6.45, 7) is 1.90. The Kier molecular flexibility index (Phi) is 7.40. The van der Waals surface area contributed by atoms with E-state index in [1.54, 1.807) is 23.5 Å². The number of aromatic nitrogens is 3. The first-order valence-electron chi connectivity index (χ1n) is 10.7. The summed E-state index contributed by atoms with van der Waals surface area (Å²) in [6, 6.07) is 10.6. The fraction of sp³-hybridized carbons (Fsp3) is 0.435. The molecular formula is C23H27FN4OS2. The Morgan fingerprint density at radius 1 is 1.23 bits per heavy atom. The fourth-order valence-corrected chi connectivity index (χ4v) is 5.59. The van der Waals surface area contributed by atoms with Crippen LogP contribution in [0.15, 0.2) is 46.9 Å². The van der Waals surface area contributed by atoms with E-state index in [4.69, 9.17) is 0 Å². The second-order valence-electron chi connectivity index (χ2n) is 7.95. The number of benzene rings is 1. The van der Waals surface area contributed by atoms with Gasteiger partial charge in [0.25, 0.3) is 0 Å². The number of halogens is 1. The maximum absolute atomic E-state index is 13.1. The van der Waals surface area contributed by atoms with Gasteiger partial charge in [-0.3, -0.25) is 4.79 Å². The summed E-state index contributed by atoms with van der Waals surface area (Å²) >= 11 is 3.17. The van der Waals surface area contributed by atoms with Crippen LogP contribution in [0.25, 0.3) is 0 Å². The van der Waals surface area contributed by atoms with Gasteiger partial charge in [-0.25, -0.2) is 4.39 Å². The Hall–Kier alpha value is -2.19. The van der Waals surface area contributed by atoms with Crippen molar-refractivity contribution in [3.8, 4) is 0 Å². The minimum atomic E-state index is -0.279. The summed E-state index contributed by atoms with van der Waals surface area (Å²) < 4.78 is 15.4. The molecule has 164 valence electrons. The van der Waals surface area contributed by atoms with E-state index in [1.165, 1.54) is 48.0 Å². The molecule has 1 unspecified atom stereocenters. The molecule has 3 aromatic rings. The van der Waals surface area contributed by atoms with Gasteiger partial charge in [-0.1, -0.05) is 49.2 Å². The zero-order chi connectivity index (χ0) is 21.6. The van der Waals surface area contributed by atoms with Crippen molar-refractivity contribution in [3.05, 3.63) is 63.9 Å². The number of nitrogens with zero attached hydrogens (tertiary/aromatic N) is 3. The molecule has 4 rings (SSSR count). The number of carbonyl (C=O) groups is 1. The predicted molar refractivity (Wildman–Crippen MR) is 123 cm³/mol. The van der Waals surface area contributed by atoms with Gasteiger partial charge in [-0.15, -0.1) is 21.5 Å². The van der Waals surface area contributed by atoms with Gasteiger partial charge in [0.1, 0.15) is 11.6 Å². The molecule has 1 aliphatic rings. The number of nitrogens with one attached hydrogen (secondary N) is 1. The highest BCUT2D eigenvalue weighted by Crippen LogP contribution is 2.33. The topological polar surface area (TPSA) is 59.8 Å². The lowest BCUT2D eigenvalue weighted by molar-refractivity contribution is -0.119. The standard InChI is InChI=1S/C23H27FN4OS2/c1-16(17-9-11-18(24)12-10-17)25-22(29)15-31-23-27-26-21(14-20-8-5-13-30-20)28(23)19-6-3-2-4-7-19/h5,8-13,16,19H,2-4,6-7,14-15H2,1H3,(H,25,29). The van der Waals surface area contributed by atoms with Crippen molar-refractivity contribution >= 4 is 29.0 Å². The molecule has 1 aromatic carbocycles. The normalized spacial score (nSPS) is 15.7. The molecule has 1 aliphatic carbocycles. The van der Waals surface area contributed by atoms with Crippen LogP contribution >= 0.6 is 23.1 Å². The quantitative estimate of drug-likeness (QED) is 0.450. The minimum absolute atomic E-state index is 0.0696. The van der Waals surface area contributed by atoms with Gasteiger partial charge in [0.05, 0.1) is 11.8 Å². The molecule has 1 fully saturated rings. The Morgan fingerprint density at radius 2 is 2.00 bits per heavy atom. The van der Waals surface area contributed by atoms with E-state index in [2.05, 4.69) is 37.6 Å². The monoisotopic (exact) mass is 458 g/mol. The van der Waals surface area contributed by atoms with Crippen LogP contribution in [0.4, 0.5) is 4.39 Å². The fourth-order valence-electron chi connectivity index (χ4n) is 4.05. The minimum Gasteiger partial charge on any atom is -0.349 e. The SMILES string of the molecule is CC(NC(=O)CSc1nnc(Cc2cccs2)n1C1CCCCC1)c1ccc(F)cc1. The smallest absolute Gasteiger partial charge is 0.230 e. The largest absolute Gasteiger partial charge is 0.349 e. The third-order valence-electron chi connectivity index (χ3n) is 5.67. The Morgan fingerprint density at radius 3 is 2.71 bits per heavy atom. The third-order valence-corrected chi connectivity index (χ3v) is 7.49. The summed E-state index contributed by atoms with van der Waals surface area (Å²) in [5.74, 6) is 0.907. The molecular weight excluding hydrogens is 431 g/mol. The van der Waals surface area contributed by atoms with Crippen LogP contribution in [-0.2, 0) is 11.2 Å². The first kappa shape index (κ1) is 22.0. The van der Waals surface area contributed by atoms with Gasteiger partial charge in [-0.05, 0) is 48.9 Å². The van der Waals surface area contributed by atoms with E-state index in [1.807, 2.05) is 6.92 Å². The summed E-state index contributed by atoms with van der Waals surface area (Å²) in [6.07, 6.45) is 6.77. The molecule has 1 N–H and O–H groups in total. The van der Waals surface area contributed by atoms with E-state index >= 15 is 0 Å². The summed E-state index contributed by atoms with van der Waals surface area (Å²) in [5.41, 5.74) is 0.878. The zero-order valence-electron chi connectivity index (χ0n) is 17.6. The summed E-state index contributed by atoms with van der Waals surface area (Å²) in [7, 11) is 0. The Labute approximate surface area is 190 Å². The predicted octanol–water partition coefficient (Wildman–Crippen LogP) is 5.54. The molecule has 2 heterocycles. The molecule has 0 spiro atoms. The van der Waals surface area contributed by atoms with E-state index in [0.29, 0.717) is 6.04 Å². The van der Waals surface area contributed by atoms with E-state index in [-0.39, 0.29) is 23.5 Å². The van der Waals surface area contributed by atoms with Crippen LogP contribution in [0.3, 0.4) is 0 Å². The van der Waals surface area contributed by atoms with Gasteiger partial charge in [0, 0.05) is 17.3 Å². The average Bonchev–Trinajstić information content (AvgIpc) is 3.43. The lowest BCUT2D eigenvalue weighted by Gasteiger charge is -2.25. The molecule has 1 amide bonds. The van der Waals surface area contributed by atoms with Crippen molar-refractivity contribution in [1.29, 1.82) is 0 Å². The number of rotatable bonds is 8. The highest BCUT2D eigenvalue weighted by molar-refractivity contribution is 7.99. The second kappa shape index (κ2) is 10.4. The van der Waals surface area contributed by atoms with Crippen LogP contribution in [0.2, 0.25) is 0 Å². The van der Waals surface area contributed by atoms with Crippen molar-refractivity contribution in [2.75, 3.05) is 5.75 Å². The number of hydrogen-bond donors (Lipinski definition) is 1. The van der Waals surface area contributed by atoms with Gasteiger partial charge >= 0.3 is 0 Å². The Bertz CT molecular complexity index is 982. The molecule has 1 saturated carbocycles. The molecule has 8 heteroatoms. The molecule has 0 aliphatic heterocycles. The third kappa shape index (κ3) is 5.74. The van der Waals surface area contributed by atoms with E-state index in [0.717, 1.165) is 35.8 Å². The van der Waals surface area contributed by atoms with Crippen LogP contribution in [-0.4, -0.2) is 26.4 Å². The second-order valence-corrected chi connectivity index (χ2v) is 9.92. The maximum atomic E-state index is 13.1. The van der Waals surface area contributed by atoms with Gasteiger partial charge in [0.2, 0.25) is 5.91 Å². The van der Waals surface area contributed by atoms with Crippen LogP contribution in [0.1, 0.15) is 67.4 Å². The Balaban J connectivity index is 1.42. The van der Waals surface area contributed by atoms with E-state index in [9.17, 15) is 9.18 Å². The highest BCUT2D eigenvalue weighted by atomic mass is 32.2. The van der Waals surface area contributed by atoms with Crippen molar-refractivity contribution in [3.63, 3.8) is 0 Å². The van der Waals surface area contributed by atoms with Crippen LogP contribution in [0.5, 0.6) is 0 Å². The molecule has 2 aromatic heterocycles. The first-order valence-corrected chi connectivity index (χ1v) is 12.6. The van der Waals surface area contributed by atoms with Crippen molar-refractivity contribution in [2.45, 2.75) is 62.7 Å². The molecule has 1 atom stereocenters. The molecule has 0 radical (unpaired) electrons. The number of amides is 1.